The number of anilines is 1. The van der Waals surface area contributed by atoms with E-state index in [1.165, 1.54) is 18.5 Å². The summed E-state index contributed by atoms with van der Waals surface area (Å²) in [6.45, 7) is 5.33. The molecule has 3 aromatic rings. The summed E-state index contributed by atoms with van der Waals surface area (Å²) in [5, 5.41) is 0. The first kappa shape index (κ1) is 17.4. The van der Waals surface area contributed by atoms with Crippen LogP contribution in [0.3, 0.4) is 0 Å². The Morgan fingerprint density at radius 2 is 2.00 bits per heavy atom. The Morgan fingerprint density at radius 1 is 1.07 bits per heavy atom. The lowest BCUT2D eigenvalue weighted by Crippen LogP contribution is -2.44. The van der Waals surface area contributed by atoms with E-state index < -0.39 is 0 Å². The second-order valence-electron chi connectivity index (χ2n) is 8.67. The molecule has 0 radical (unpaired) electrons. The summed E-state index contributed by atoms with van der Waals surface area (Å²) in [7, 11) is 0. The van der Waals surface area contributed by atoms with Gasteiger partial charge >= 0.3 is 0 Å². The monoisotopic (exact) mass is 390 g/mol. The zero-order valence-corrected chi connectivity index (χ0v) is 16.5. The van der Waals surface area contributed by atoms with Gasteiger partial charge in [-0.3, -0.25) is 4.90 Å². The standard InChI is InChI=1S/C22H26N6O/c1-2-4-19-18(3-1)25-21(26-19)11-27-8-15-9-28(10-17(27)13-29-12-15)22-7-20(16-5-6-16)23-14-24-22/h1-4,7,14-17H,5-6,8-13H2,(H,25,26)/t15-,17+/m1/s1. The quantitative estimate of drug-likeness (QED) is 0.738. The highest BCUT2D eigenvalue weighted by Crippen LogP contribution is 2.39. The number of imidazole rings is 1. The average Bonchev–Trinajstić information content (AvgIpc) is 3.53. The Hall–Kier alpha value is -2.51. The summed E-state index contributed by atoms with van der Waals surface area (Å²) in [5.74, 6) is 3.22. The number of aromatic nitrogens is 4. The summed E-state index contributed by atoms with van der Waals surface area (Å²) in [6.07, 6.45) is 4.27. The summed E-state index contributed by atoms with van der Waals surface area (Å²) < 4.78 is 6.01. The van der Waals surface area contributed by atoms with Crippen LogP contribution in [0, 0.1) is 5.92 Å². The van der Waals surface area contributed by atoms with Crippen LogP contribution in [0.2, 0.25) is 0 Å². The van der Waals surface area contributed by atoms with Crippen LogP contribution >= 0.6 is 0 Å². The third kappa shape index (κ3) is 3.49. The van der Waals surface area contributed by atoms with Crippen molar-refractivity contribution in [3.8, 4) is 0 Å². The van der Waals surface area contributed by atoms with Crippen molar-refractivity contribution in [3.63, 3.8) is 0 Å². The van der Waals surface area contributed by atoms with Gasteiger partial charge in [0.2, 0.25) is 0 Å². The molecule has 7 heteroatoms. The maximum absolute atomic E-state index is 6.01. The Balaban J connectivity index is 1.25. The molecule has 3 fully saturated rings. The van der Waals surface area contributed by atoms with Gasteiger partial charge in [-0.05, 0) is 25.0 Å². The third-order valence-electron chi connectivity index (χ3n) is 6.37. The number of hydrogen-bond donors (Lipinski definition) is 1. The van der Waals surface area contributed by atoms with Crippen LogP contribution in [0.1, 0.15) is 30.3 Å². The lowest BCUT2D eigenvalue weighted by Gasteiger charge is -2.31. The molecule has 0 unspecified atom stereocenters. The fourth-order valence-corrected chi connectivity index (χ4v) is 4.72. The van der Waals surface area contributed by atoms with Crippen LogP contribution in [0.15, 0.2) is 36.7 Å². The second kappa shape index (κ2) is 7.07. The second-order valence-corrected chi connectivity index (χ2v) is 8.67. The highest BCUT2D eigenvalue weighted by Gasteiger charge is 2.35. The molecule has 0 spiro atoms. The molecule has 2 aliphatic heterocycles. The van der Waals surface area contributed by atoms with Gasteiger partial charge in [-0.25, -0.2) is 15.0 Å². The lowest BCUT2D eigenvalue weighted by atomic mass is 10.1. The fraction of sp³-hybridized carbons (Fsp3) is 0.500. The van der Waals surface area contributed by atoms with Crippen molar-refractivity contribution >= 4 is 16.9 Å². The van der Waals surface area contributed by atoms with Crippen molar-refractivity contribution in [1.82, 2.24) is 24.8 Å². The van der Waals surface area contributed by atoms with Crippen molar-refractivity contribution in [2.75, 3.05) is 37.7 Å². The van der Waals surface area contributed by atoms with Gasteiger partial charge in [0.25, 0.3) is 0 Å². The number of benzene rings is 1. The molecule has 1 aromatic carbocycles. The maximum atomic E-state index is 6.01. The van der Waals surface area contributed by atoms with Gasteiger partial charge in [0.1, 0.15) is 18.0 Å². The first-order valence-corrected chi connectivity index (χ1v) is 10.6. The summed E-state index contributed by atoms with van der Waals surface area (Å²) >= 11 is 0. The van der Waals surface area contributed by atoms with Crippen molar-refractivity contribution < 1.29 is 4.74 Å². The Morgan fingerprint density at radius 3 is 2.90 bits per heavy atom. The van der Waals surface area contributed by atoms with Crippen LogP contribution in [-0.2, 0) is 11.3 Å². The number of H-pyrrole nitrogens is 1. The number of ether oxygens (including phenoxy) is 1. The Labute approximate surface area is 170 Å². The minimum absolute atomic E-state index is 0.329. The van der Waals surface area contributed by atoms with Gasteiger partial charge in [0, 0.05) is 43.2 Å². The molecule has 1 aliphatic carbocycles. The smallest absolute Gasteiger partial charge is 0.132 e. The number of rotatable bonds is 4. The predicted molar refractivity (Wildman–Crippen MR) is 111 cm³/mol. The lowest BCUT2D eigenvalue weighted by molar-refractivity contribution is 0.0867. The molecular weight excluding hydrogens is 364 g/mol. The Bertz CT molecular complexity index is 982. The predicted octanol–water partition coefficient (Wildman–Crippen LogP) is 2.57. The van der Waals surface area contributed by atoms with E-state index in [-0.39, 0.29) is 0 Å². The number of aromatic amines is 1. The molecule has 1 saturated carbocycles. The van der Waals surface area contributed by atoms with Crippen LogP contribution < -0.4 is 4.90 Å². The molecule has 2 saturated heterocycles. The van der Waals surface area contributed by atoms with E-state index in [1.807, 2.05) is 12.1 Å². The first-order chi connectivity index (χ1) is 14.3. The largest absolute Gasteiger partial charge is 0.379 e. The van der Waals surface area contributed by atoms with Gasteiger partial charge < -0.3 is 14.6 Å². The van der Waals surface area contributed by atoms with Gasteiger partial charge in [-0.15, -0.1) is 0 Å². The van der Waals surface area contributed by atoms with E-state index in [9.17, 15) is 0 Å². The number of nitrogens with zero attached hydrogens (tertiary/aromatic N) is 5. The molecular formula is C22H26N6O. The van der Waals surface area contributed by atoms with E-state index in [4.69, 9.17) is 9.72 Å². The van der Waals surface area contributed by atoms with E-state index in [0.717, 1.165) is 62.1 Å². The zero-order valence-electron chi connectivity index (χ0n) is 16.5. The van der Waals surface area contributed by atoms with Crippen molar-refractivity contribution in [1.29, 1.82) is 0 Å². The average molecular weight is 390 g/mol. The van der Waals surface area contributed by atoms with E-state index in [1.54, 1.807) is 6.33 Å². The molecule has 4 heterocycles. The highest BCUT2D eigenvalue weighted by atomic mass is 16.5. The SMILES string of the molecule is c1ccc2[nH]c(CN3C[C@H]4COC[C@@H]3CN(c3cc(C5CC5)ncn3)C4)nc2c1. The van der Waals surface area contributed by atoms with Crippen molar-refractivity contribution in [2.24, 2.45) is 5.92 Å². The van der Waals surface area contributed by atoms with Gasteiger partial charge in [0.15, 0.2) is 0 Å². The molecule has 2 atom stereocenters. The van der Waals surface area contributed by atoms with Crippen molar-refractivity contribution in [2.45, 2.75) is 31.3 Å². The summed E-state index contributed by atoms with van der Waals surface area (Å²) in [4.78, 5) is 22.4. The molecule has 7 nitrogen and oxygen atoms in total. The number of nitrogens with one attached hydrogen (secondary N) is 1. The third-order valence-corrected chi connectivity index (χ3v) is 6.37. The van der Waals surface area contributed by atoms with Crippen LogP contribution in [-0.4, -0.2) is 63.7 Å². The Kier molecular flexibility index (Phi) is 4.23. The van der Waals surface area contributed by atoms with Crippen molar-refractivity contribution in [3.05, 3.63) is 48.2 Å². The molecule has 3 aliphatic rings. The van der Waals surface area contributed by atoms with Gasteiger partial charge in [-0.2, -0.15) is 0 Å². The van der Waals surface area contributed by atoms with Gasteiger partial charge in [0.05, 0.1) is 36.8 Å². The zero-order chi connectivity index (χ0) is 19.2. The molecule has 150 valence electrons. The molecule has 6 rings (SSSR count). The van der Waals surface area contributed by atoms with Crippen LogP contribution in [0.5, 0.6) is 0 Å². The van der Waals surface area contributed by atoms with Crippen LogP contribution in [0.4, 0.5) is 5.82 Å². The molecule has 29 heavy (non-hydrogen) atoms. The minimum atomic E-state index is 0.329. The van der Waals surface area contributed by atoms with Gasteiger partial charge in [-0.1, -0.05) is 12.1 Å². The number of fused-ring (bicyclic) bond motifs is 4. The van der Waals surface area contributed by atoms with E-state index >= 15 is 0 Å². The maximum Gasteiger partial charge on any atom is 0.132 e. The highest BCUT2D eigenvalue weighted by molar-refractivity contribution is 5.74. The number of para-hydroxylation sites is 2. The summed E-state index contributed by atoms with van der Waals surface area (Å²) in [5.41, 5.74) is 3.35. The molecule has 0 amide bonds. The normalized spacial score (nSPS) is 25.3. The number of hydrogen-bond acceptors (Lipinski definition) is 6. The fourth-order valence-electron chi connectivity index (χ4n) is 4.72. The molecule has 2 bridgehead atoms. The van der Waals surface area contributed by atoms with E-state index in [2.05, 4.69) is 43.0 Å². The minimum Gasteiger partial charge on any atom is -0.379 e. The van der Waals surface area contributed by atoms with E-state index in [0.29, 0.717) is 17.9 Å². The molecule has 1 N–H and O–H groups in total. The topological polar surface area (TPSA) is 70.2 Å². The van der Waals surface area contributed by atoms with Crippen LogP contribution in [0.25, 0.3) is 11.0 Å². The first-order valence-electron chi connectivity index (χ1n) is 10.6. The molecule has 2 aromatic heterocycles. The summed E-state index contributed by atoms with van der Waals surface area (Å²) in [6, 6.07) is 10.8.